The molecule has 1 saturated heterocycles. The largest absolute Gasteiger partial charge is 0.496 e. The molecule has 0 spiro atoms. The van der Waals surface area contributed by atoms with Gasteiger partial charge in [0, 0.05) is 30.8 Å². The highest BCUT2D eigenvalue weighted by Crippen LogP contribution is 2.37. The van der Waals surface area contributed by atoms with E-state index in [9.17, 15) is 4.79 Å². The van der Waals surface area contributed by atoms with E-state index in [1.807, 2.05) is 41.3 Å². The van der Waals surface area contributed by atoms with Crippen molar-refractivity contribution in [1.82, 2.24) is 9.80 Å². The summed E-state index contributed by atoms with van der Waals surface area (Å²) in [5.41, 5.74) is 2.25. The lowest BCUT2D eigenvalue weighted by molar-refractivity contribution is -0.133. The fourth-order valence-electron chi connectivity index (χ4n) is 4.13. The number of hydrogen-bond acceptors (Lipinski definition) is 4. The number of amides is 1. The molecule has 0 bridgehead atoms. The third-order valence-corrected chi connectivity index (χ3v) is 5.46. The molecule has 1 fully saturated rings. The predicted octanol–water partition coefficient (Wildman–Crippen LogP) is 3.25. The molecule has 0 radical (unpaired) electrons. The molecule has 0 N–H and O–H groups in total. The summed E-state index contributed by atoms with van der Waals surface area (Å²) in [6, 6.07) is 16.2. The molecule has 142 valence electrons. The fraction of sp³-hybridized carbons (Fsp3) is 0.409. The quantitative estimate of drug-likeness (QED) is 0.833. The fourth-order valence-corrected chi connectivity index (χ4v) is 4.13. The van der Waals surface area contributed by atoms with Crippen LogP contribution >= 0.6 is 0 Å². The average molecular weight is 366 g/mol. The number of benzene rings is 2. The molecule has 1 atom stereocenters. The highest BCUT2D eigenvalue weighted by atomic mass is 16.5. The van der Waals surface area contributed by atoms with E-state index >= 15 is 0 Å². The zero-order valence-electron chi connectivity index (χ0n) is 15.8. The van der Waals surface area contributed by atoms with Crippen LogP contribution in [0.15, 0.2) is 48.5 Å². The van der Waals surface area contributed by atoms with Gasteiger partial charge in [-0.2, -0.15) is 0 Å². The SMILES string of the molecule is COc1ccccc1C1CCCN1C(=O)CN1CCOc2ccccc2C1. The van der Waals surface area contributed by atoms with Gasteiger partial charge in [-0.3, -0.25) is 9.69 Å². The van der Waals surface area contributed by atoms with Gasteiger partial charge in [-0.05, 0) is 25.0 Å². The van der Waals surface area contributed by atoms with E-state index in [-0.39, 0.29) is 11.9 Å². The summed E-state index contributed by atoms with van der Waals surface area (Å²) in [7, 11) is 1.69. The van der Waals surface area contributed by atoms with E-state index in [4.69, 9.17) is 9.47 Å². The van der Waals surface area contributed by atoms with Gasteiger partial charge < -0.3 is 14.4 Å². The molecule has 0 saturated carbocycles. The van der Waals surface area contributed by atoms with Gasteiger partial charge in [0.1, 0.15) is 18.1 Å². The van der Waals surface area contributed by atoms with Crippen LogP contribution in [0.3, 0.4) is 0 Å². The smallest absolute Gasteiger partial charge is 0.237 e. The molecular formula is C22H26N2O3. The van der Waals surface area contributed by atoms with Gasteiger partial charge in [0.05, 0.1) is 19.7 Å². The van der Waals surface area contributed by atoms with E-state index in [1.54, 1.807) is 7.11 Å². The minimum absolute atomic E-state index is 0.101. The Hall–Kier alpha value is -2.53. The minimum atomic E-state index is 0.101. The van der Waals surface area contributed by atoms with Crippen LogP contribution in [-0.4, -0.2) is 49.1 Å². The summed E-state index contributed by atoms with van der Waals surface area (Å²) >= 11 is 0. The second kappa shape index (κ2) is 8.01. The third kappa shape index (κ3) is 3.78. The van der Waals surface area contributed by atoms with Crippen LogP contribution in [0.4, 0.5) is 0 Å². The first-order chi connectivity index (χ1) is 13.3. The molecule has 2 aliphatic heterocycles. The summed E-state index contributed by atoms with van der Waals surface area (Å²) in [6.07, 6.45) is 2.01. The van der Waals surface area contributed by atoms with Crippen molar-refractivity contribution in [3.63, 3.8) is 0 Å². The van der Waals surface area contributed by atoms with Crippen molar-refractivity contribution in [2.45, 2.75) is 25.4 Å². The summed E-state index contributed by atoms with van der Waals surface area (Å²) in [4.78, 5) is 17.3. The maximum absolute atomic E-state index is 13.1. The van der Waals surface area contributed by atoms with Crippen molar-refractivity contribution in [2.24, 2.45) is 0 Å². The molecule has 2 heterocycles. The van der Waals surface area contributed by atoms with E-state index in [2.05, 4.69) is 17.0 Å². The van der Waals surface area contributed by atoms with E-state index in [0.717, 1.165) is 55.1 Å². The molecule has 1 unspecified atom stereocenters. The van der Waals surface area contributed by atoms with E-state index < -0.39 is 0 Å². The van der Waals surface area contributed by atoms with Crippen molar-refractivity contribution in [3.05, 3.63) is 59.7 Å². The van der Waals surface area contributed by atoms with E-state index in [1.165, 1.54) is 0 Å². The van der Waals surface area contributed by atoms with Gasteiger partial charge in [-0.1, -0.05) is 36.4 Å². The number of carbonyl (C=O) groups excluding carboxylic acids is 1. The highest BCUT2D eigenvalue weighted by Gasteiger charge is 2.32. The van der Waals surface area contributed by atoms with Crippen molar-refractivity contribution < 1.29 is 14.3 Å². The second-order valence-corrected chi connectivity index (χ2v) is 7.15. The van der Waals surface area contributed by atoms with Crippen LogP contribution in [0.25, 0.3) is 0 Å². The standard InChI is InChI=1S/C22H26N2O3/c1-26-21-11-5-3-8-18(21)19-9-6-12-24(19)22(25)16-23-13-14-27-20-10-4-2-7-17(20)15-23/h2-5,7-8,10-11,19H,6,9,12-16H2,1H3. The first-order valence-corrected chi connectivity index (χ1v) is 9.61. The Morgan fingerprint density at radius 2 is 1.96 bits per heavy atom. The van der Waals surface area contributed by atoms with Crippen LogP contribution in [0, 0.1) is 0 Å². The van der Waals surface area contributed by atoms with Gasteiger partial charge >= 0.3 is 0 Å². The number of nitrogens with zero attached hydrogens (tertiary/aromatic N) is 2. The van der Waals surface area contributed by atoms with Gasteiger partial charge in [0.25, 0.3) is 0 Å². The molecule has 1 amide bonds. The maximum Gasteiger partial charge on any atom is 0.237 e. The minimum Gasteiger partial charge on any atom is -0.496 e. The van der Waals surface area contributed by atoms with Crippen LogP contribution in [0.1, 0.15) is 30.0 Å². The van der Waals surface area contributed by atoms with Crippen molar-refractivity contribution in [3.8, 4) is 11.5 Å². The topological polar surface area (TPSA) is 42.0 Å². The van der Waals surface area contributed by atoms with Crippen molar-refractivity contribution >= 4 is 5.91 Å². The van der Waals surface area contributed by atoms with Gasteiger partial charge in [0.2, 0.25) is 5.91 Å². The van der Waals surface area contributed by atoms with Crippen LogP contribution < -0.4 is 9.47 Å². The summed E-state index contributed by atoms with van der Waals surface area (Å²) in [6.45, 7) is 3.34. The average Bonchev–Trinajstić information content (AvgIpc) is 3.10. The Kier molecular flexibility index (Phi) is 5.30. The summed E-state index contributed by atoms with van der Waals surface area (Å²) < 4.78 is 11.3. The Labute approximate surface area is 160 Å². The Balaban J connectivity index is 1.47. The maximum atomic E-state index is 13.1. The van der Waals surface area contributed by atoms with Crippen LogP contribution in [-0.2, 0) is 11.3 Å². The number of methoxy groups -OCH3 is 1. The van der Waals surface area contributed by atoms with Gasteiger partial charge in [-0.25, -0.2) is 0 Å². The Bertz CT molecular complexity index is 808. The number of fused-ring (bicyclic) bond motifs is 1. The summed E-state index contributed by atoms with van der Waals surface area (Å²) in [5.74, 6) is 1.97. The molecule has 5 heteroatoms. The Morgan fingerprint density at radius 3 is 2.85 bits per heavy atom. The van der Waals surface area contributed by atoms with Gasteiger partial charge in [-0.15, -0.1) is 0 Å². The third-order valence-electron chi connectivity index (χ3n) is 5.46. The lowest BCUT2D eigenvalue weighted by Crippen LogP contribution is -2.40. The molecule has 2 aliphatic rings. The normalized spacial score (nSPS) is 19.9. The first kappa shape index (κ1) is 17.9. The number of hydrogen-bond donors (Lipinski definition) is 0. The molecule has 4 rings (SSSR count). The van der Waals surface area contributed by atoms with Crippen molar-refractivity contribution in [1.29, 1.82) is 0 Å². The first-order valence-electron chi connectivity index (χ1n) is 9.61. The van der Waals surface area contributed by atoms with E-state index in [0.29, 0.717) is 13.2 Å². The molecule has 27 heavy (non-hydrogen) atoms. The predicted molar refractivity (Wildman–Crippen MR) is 104 cm³/mol. The monoisotopic (exact) mass is 366 g/mol. The highest BCUT2D eigenvalue weighted by molar-refractivity contribution is 5.79. The number of ether oxygens (including phenoxy) is 2. The molecule has 2 aromatic carbocycles. The molecular weight excluding hydrogens is 340 g/mol. The number of carbonyl (C=O) groups is 1. The van der Waals surface area contributed by atoms with Crippen LogP contribution in [0.5, 0.6) is 11.5 Å². The number of rotatable bonds is 4. The zero-order valence-corrected chi connectivity index (χ0v) is 15.8. The number of para-hydroxylation sites is 2. The Morgan fingerprint density at radius 1 is 1.15 bits per heavy atom. The van der Waals surface area contributed by atoms with Crippen LogP contribution in [0.2, 0.25) is 0 Å². The number of likely N-dealkylation sites (tertiary alicyclic amines) is 1. The zero-order chi connectivity index (χ0) is 18.6. The summed E-state index contributed by atoms with van der Waals surface area (Å²) in [5, 5.41) is 0. The lowest BCUT2D eigenvalue weighted by Gasteiger charge is -2.29. The molecule has 5 nitrogen and oxygen atoms in total. The lowest BCUT2D eigenvalue weighted by atomic mass is 10.0. The second-order valence-electron chi connectivity index (χ2n) is 7.15. The molecule has 0 aliphatic carbocycles. The van der Waals surface area contributed by atoms with Gasteiger partial charge in [0.15, 0.2) is 0 Å². The molecule has 2 aromatic rings. The molecule has 0 aromatic heterocycles. The van der Waals surface area contributed by atoms with Crippen molar-refractivity contribution in [2.75, 3.05) is 33.4 Å².